The second kappa shape index (κ2) is 6.67. The van der Waals surface area contributed by atoms with Gasteiger partial charge in [0, 0.05) is 29.8 Å². The van der Waals surface area contributed by atoms with Crippen LogP contribution in [0.3, 0.4) is 0 Å². The molecule has 0 bridgehead atoms. The highest BCUT2D eigenvalue weighted by Crippen LogP contribution is 2.24. The van der Waals surface area contributed by atoms with Crippen LogP contribution < -0.4 is 5.32 Å². The fourth-order valence-corrected chi connectivity index (χ4v) is 2.12. The van der Waals surface area contributed by atoms with Crippen molar-refractivity contribution in [2.75, 3.05) is 13.2 Å². The van der Waals surface area contributed by atoms with Crippen molar-refractivity contribution in [3.05, 3.63) is 10.6 Å². The number of nitrogens with one attached hydrogen (secondary N) is 1. The Labute approximate surface area is 95.3 Å². The van der Waals surface area contributed by atoms with Gasteiger partial charge in [0.1, 0.15) is 0 Å². The summed E-state index contributed by atoms with van der Waals surface area (Å²) < 4.78 is 0. The lowest BCUT2D eigenvalue weighted by molar-refractivity contribution is 0.155. The van der Waals surface area contributed by atoms with Crippen molar-refractivity contribution in [2.45, 2.75) is 31.7 Å². The predicted octanol–water partition coefficient (Wildman–Crippen LogP) is 2.45. The Morgan fingerprint density at radius 1 is 1.43 bits per heavy atom. The predicted molar refractivity (Wildman–Crippen MR) is 60.6 cm³/mol. The molecular formula is C10H17Cl2NO. The zero-order valence-corrected chi connectivity index (χ0v) is 9.69. The zero-order valence-electron chi connectivity index (χ0n) is 8.18. The molecule has 82 valence electrons. The first-order chi connectivity index (χ1) is 6.77. The molecule has 1 aliphatic rings. The Morgan fingerprint density at radius 2 is 2.14 bits per heavy atom. The molecule has 2 N–H and O–H groups in total. The maximum atomic E-state index is 9.17. The lowest BCUT2D eigenvalue weighted by Crippen LogP contribution is -2.40. The van der Waals surface area contributed by atoms with Gasteiger partial charge in [-0.25, -0.2) is 0 Å². The monoisotopic (exact) mass is 237 g/mol. The van der Waals surface area contributed by atoms with E-state index in [9.17, 15) is 5.11 Å². The van der Waals surface area contributed by atoms with Crippen LogP contribution >= 0.6 is 23.2 Å². The Morgan fingerprint density at radius 3 is 2.79 bits per heavy atom. The fourth-order valence-electron chi connectivity index (χ4n) is 1.96. The first-order valence-electron chi connectivity index (χ1n) is 5.07. The quantitative estimate of drug-likeness (QED) is 0.788. The summed E-state index contributed by atoms with van der Waals surface area (Å²) in [5.74, 6) is 0.378. The van der Waals surface area contributed by atoms with Crippen molar-refractivity contribution in [2.24, 2.45) is 5.92 Å². The summed E-state index contributed by atoms with van der Waals surface area (Å²) >= 11 is 11.2. The Hall–Kier alpha value is 0.240. The van der Waals surface area contributed by atoms with Crippen LogP contribution in [0.15, 0.2) is 10.6 Å². The first-order valence-corrected chi connectivity index (χ1v) is 5.88. The highest BCUT2D eigenvalue weighted by atomic mass is 35.5. The molecule has 0 aromatic rings. The minimum atomic E-state index is 0.264. The summed E-state index contributed by atoms with van der Waals surface area (Å²) in [4.78, 5) is 0. The standard InChI is InChI=1S/C10H17Cl2NO/c11-5-9(12)6-13-10-4-2-1-3-8(10)7-14/h5,8,10,13-14H,1-4,6-7H2. The van der Waals surface area contributed by atoms with Crippen LogP contribution in [0.4, 0.5) is 0 Å². The topological polar surface area (TPSA) is 32.3 Å². The maximum absolute atomic E-state index is 9.17. The highest BCUT2D eigenvalue weighted by Gasteiger charge is 2.23. The molecule has 2 atom stereocenters. The molecule has 0 aliphatic heterocycles. The highest BCUT2D eigenvalue weighted by molar-refractivity contribution is 6.36. The van der Waals surface area contributed by atoms with E-state index in [2.05, 4.69) is 5.32 Å². The lowest BCUT2D eigenvalue weighted by Gasteiger charge is -2.30. The van der Waals surface area contributed by atoms with Crippen LogP contribution in [0.5, 0.6) is 0 Å². The second-order valence-electron chi connectivity index (χ2n) is 3.77. The third kappa shape index (κ3) is 3.77. The van der Waals surface area contributed by atoms with E-state index in [-0.39, 0.29) is 6.61 Å². The number of aliphatic hydroxyl groups excluding tert-OH is 1. The molecule has 2 nitrogen and oxygen atoms in total. The van der Waals surface area contributed by atoms with Gasteiger partial charge in [-0.05, 0) is 18.8 Å². The minimum Gasteiger partial charge on any atom is -0.396 e. The van der Waals surface area contributed by atoms with Crippen molar-refractivity contribution in [1.29, 1.82) is 0 Å². The van der Waals surface area contributed by atoms with Crippen LogP contribution in [-0.4, -0.2) is 24.3 Å². The summed E-state index contributed by atoms with van der Waals surface area (Å²) in [6.45, 7) is 0.867. The average molecular weight is 238 g/mol. The summed E-state index contributed by atoms with van der Waals surface area (Å²) in [6.07, 6.45) is 4.69. The van der Waals surface area contributed by atoms with Gasteiger partial charge < -0.3 is 10.4 Å². The minimum absolute atomic E-state index is 0.264. The van der Waals surface area contributed by atoms with Gasteiger partial charge in [-0.15, -0.1) is 0 Å². The van der Waals surface area contributed by atoms with Gasteiger partial charge in [0.05, 0.1) is 0 Å². The molecule has 0 aromatic carbocycles. The molecule has 0 spiro atoms. The molecule has 1 saturated carbocycles. The molecule has 1 fully saturated rings. The van der Waals surface area contributed by atoms with Gasteiger partial charge in [0.25, 0.3) is 0 Å². The van der Waals surface area contributed by atoms with Crippen LogP contribution in [0, 0.1) is 5.92 Å². The van der Waals surface area contributed by atoms with Gasteiger partial charge in [0.15, 0.2) is 0 Å². The fraction of sp³-hybridized carbons (Fsp3) is 0.800. The number of aliphatic hydroxyl groups is 1. The van der Waals surface area contributed by atoms with E-state index in [1.54, 1.807) is 0 Å². The maximum Gasteiger partial charge on any atom is 0.0474 e. The summed E-state index contributed by atoms with van der Waals surface area (Å²) in [5.41, 5.74) is 1.38. The van der Waals surface area contributed by atoms with Crippen molar-refractivity contribution < 1.29 is 5.11 Å². The molecule has 2 unspecified atom stereocenters. The Bertz CT molecular complexity index is 197. The smallest absolute Gasteiger partial charge is 0.0474 e. The molecule has 4 heteroatoms. The van der Waals surface area contributed by atoms with Crippen molar-refractivity contribution in [3.63, 3.8) is 0 Å². The van der Waals surface area contributed by atoms with E-state index in [0.717, 1.165) is 12.8 Å². The van der Waals surface area contributed by atoms with Crippen molar-refractivity contribution in [1.82, 2.24) is 5.32 Å². The number of rotatable bonds is 4. The van der Waals surface area contributed by atoms with Crippen LogP contribution in [0.1, 0.15) is 25.7 Å². The number of hydrogen-bond donors (Lipinski definition) is 2. The van der Waals surface area contributed by atoms with Crippen molar-refractivity contribution in [3.8, 4) is 0 Å². The van der Waals surface area contributed by atoms with E-state index < -0.39 is 0 Å². The first kappa shape index (κ1) is 12.3. The Balaban J connectivity index is 2.33. The van der Waals surface area contributed by atoms with Gasteiger partial charge in [-0.2, -0.15) is 0 Å². The molecule has 0 heterocycles. The van der Waals surface area contributed by atoms with E-state index in [1.165, 1.54) is 18.4 Å². The van der Waals surface area contributed by atoms with Gasteiger partial charge in [0.2, 0.25) is 0 Å². The number of hydrogen-bond acceptors (Lipinski definition) is 2. The molecule has 0 amide bonds. The van der Waals surface area contributed by atoms with Crippen molar-refractivity contribution >= 4 is 23.2 Å². The van der Waals surface area contributed by atoms with Gasteiger partial charge in [-0.1, -0.05) is 36.0 Å². The third-order valence-electron chi connectivity index (χ3n) is 2.80. The molecule has 14 heavy (non-hydrogen) atoms. The SMILES string of the molecule is OCC1CCCCC1NCC(Cl)=CCl. The van der Waals surface area contributed by atoms with E-state index in [1.807, 2.05) is 0 Å². The van der Waals surface area contributed by atoms with E-state index in [4.69, 9.17) is 23.2 Å². The molecule has 0 aromatic heterocycles. The molecule has 1 rings (SSSR count). The molecular weight excluding hydrogens is 221 g/mol. The van der Waals surface area contributed by atoms with Crippen LogP contribution in [0.25, 0.3) is 0 Å². The average Bonchev–Trinajstić information content (AvgIpc) is 2.26. The van der Waals surface area contributed by atoms with Gasteiger partial charge in [-0.3, -0.25) is 0 Å². The summed E-state index contributed by atoms with van der Waals surface area (Å²) in [5, 5.41) is 13.1. The third-order valence-corrected chi connectivity index (χ3v) is 3.41. The lowest BCUT2D eigenvalue weighted by atomic mass is 9.85. The van der Waals surface area contributed by atoms with E-state index in [0.29, 0.717) is 23.5 Å². The molecule has 0 radical (unpaired) electrons. The van der Waals surface area contributed by atoms with Gasteiger partial charge >= 0.3 is 0 Å². The largest absolute Gasteiger partial charge is 0.396 e. The summed E-state index contributed by atoms with van der Waals surface area (Å²) in [6, 6.07) is 0.388. The molecule has 0 saturated heterocycles. The second-order valence-corrected chi connectivity index (χ2v) is 4.47. The van der Waals surface area contributed by atoms with E-state index >= 15 is 0 Å². The summed E-state index contributed by atoms with van der Waals surface area (Å²) in [7, 11) is 0. The normalized spacial score (nSPS) is 29.2. The Kier molecular flexibility index (Phi) is 5.87. The van der Waals surface area contributed by atoms with Crippen LogP contribution in [0.2, 0.25) is 0 Å². The van der Waals surface area contributed by atoms with Crippen LogP contribution in [-0.2, 0) is 0 Å². The molecule has 1 aliphatic carbocycles. The zero-order chi connectivity index (χ0) is 10.4. The number of halogens is 2.